The minimum Gasteiger partial charge on any atom is -0.396 e. The van der Waals surface area contributed by atoms with E-state index in [1.54, 1.807) is 7.11 Å². The number of likely N-dealkylation sites (tertiary alicyclic amines) is 1. The summed E-state index contributed by atoms with van der Waals surface area (Å²) in [6, 6.07) is 7.60. The highest BCUT2D eigenvalue weighted by Crippen LogP contribution is 2.34. The summed E-state index contributed by atoms with van der Waals surface area (Å²) in [6.07, 6.45) is 2.20. The lowest BCUT2D eigenvalue weighted by Crippen LogP contribution is -2.55. The highest BCUT2D eigenvalue weighted by atomic mass is 35.5. The van der Waals surface area contributed by atoms with Gasteiger partial charge in [-0.05, 0) is 43.4 Å². The Morgan fingerprint density at radius 3 is 2.81 bits per heavy atom. The maximum atomic E-state index is 12.3. The van der Waals surface area contributed by atoms with Gasteiger partial charge in [-0.3, -0.25) is 9.69 Å². The predicted molar refractivity (Wildman–Crippen MR) is 106 cm³/mol. The van der Waals surface area contributed by atoms with Gasteiger partial charge in [-0.25, -0.2) is 0 Å². The SMILES string of the molecule is COCCC[C@@]1(CO)CN(CC(=O)NCCc2ccc(Cl)cc2)CC[C@H]1O. The lowest BCUT2D eigenvalue weighted by Gasteiger charge is -2.45. The molecule has 3 N–H and O–H groups in total. The number of hydrogen-bond acceptors (Lipinski definition) is 5. The quantitative estimate of drug-likeness (QED) is 0.520. The molecule has 0 aromatic heterocycles. The molecule has 1 saturated heterocycles. The summed E-state index contributed by atoms with van der Waals surface area (Å²) in [5, 5.41) is 24.0. The molecule has 0 unspecified atom stereocenters. The van der Waals surface area contributed by atoms with Gasteiger partial charge in [-0.15, -0.1) is 0 Å². The Kier molecular flexibility index (Phi) is 8.99. The van der Waals surface area contributed by atoms with Crippen LogP contribution in [0.5, 0.6) is 0 Å². The number of piperidine rings is 1. The molecule has 6 nitrogen and oxygen atoms in total. The number of rotatable bonds is 10. The van der Waals surface area contributed by atoms with Crippen LogP contribution in [0.3, 0.4) is 0 Å². The number of nitrogens with zero attached hydrogens (tertiary/aromatic N) is 1. The third-order valence-electron chi connectivity index (χ3n) is 5.32. The van der Waals surface area contributed by atoms with Crippen molar-refractivity contribution in [1.29, 1.82) is 0 Å². The highest BCUT2D eigenvalue weighted by Gasteiger charge is 2.42. The van der Waals surface area contributed by atoms with E-state index in [1.807, 2.05) is 29.2 Å². The molecule has 2 atom stereocenters. The molecular formula is C20H31ClN2O4. The van der Waals surface area contributed by atoms with E-state index in [0.717, 1.165) is 18.4 Å². The van der Waals surface area contributed by atoms with Crippen LogP contribution in [0.25, 0.3) is 0 Å². The number of aliphatic hydroxyl groups excluding tert-OH is 2. The molecular weight excluding hydrogens is 368 g/mol. The van der Waals surface area contributed by atoms with Crippen molar-refractivity contribution < 1.29 is 19.7 Å². The molecule has 1 amide bonds. The molecule has 2 rings (SSSR count). The molecule has 27 heavy (non-hydrogen) atoms. The van der Waals surface area contributed by atoms with E-state index in [2.05, 4.69) is 5.32 Å². The zero-order valence-electron chi connectivity index (χ0n) is 16.0. The molecule has 152 valence electrons. The van der Waals surface area contributed by atoms with Crippen LogP contribution in [-0.2, 0) is 16.0 Å². The lowest BCUT2D eigenvalue weighted by molar-refractivity contribution is -0.126. The lowest BCUT2D eigenvalue weighted by atomic mass is 9.74. The molecule has 1 aromatic carbocycles. The van der Waals surface area contributed by atoms with Crippen molar-refractivity contribution in [2.75, 3.05) is 46.5 Å². The van der Waals surface area contributed by atoms with Crippen LogP contribution in [0.15, 0.2) is 24.3 Å². The van der Waals surface area contributed by atoms with Crippen LogP contribution >= 0.6 is 11.6 Å². The number of amides is 1. The molecule has 1 aliphatic rings. The van der Waals surface area contributed by atoms with Crippen molar-refractivity contribution in [2.45, 2.75) is 31.8 Å². The Balaban J connectivity index is 1.79. The van der Waals surface area contributed by atoms with Gasteiger partial charge in [0.05, 0.1) is 19.3 Å². The van der Waals surface area contributed by atoms with Gasteiger partial charge in [0.1, 0.15) is 0 Å². The number of aliphatic hydroxyl groups is 2. The Labute approximate surface area is 166 Å². The number of nitrogens with one attached hydrogen (secondary N) is 1. The third kappa shape index (κ3) is 6.73. The van der Waals surface area contributed by atoms with Crippen molar-refractivity contribution in [2.24, 2.45) is 5.41 Å². The molecule has 0 bridgehead atoms. The summed E-state index contributed by atoms with van der Waals surface area (Å²) in [7, 11) is 1.64. The first-order valence-electron chi connectivity index (χ1n) is 9.50. The summed E-state index contributed by atoms with van der Waals surface area (Å²) in [5.41, 5.74) is 0.540. The second kappa shape index (κ2) is 11.0. The first kappa shape index (κ1) is 22.1. The molecule has 1 fully saturated rings. The van der Waals surface area contributed by atoms with Crippen molar-refractivity contribution in [3.63, 3.8) is 0 Å². The second-order valence-corrected chi connectivity index (χ2v) is 7.79. The molecule has 1 aliphatic heterocycles. The van der Waals surface area contributed by atoms with E-state index in [0.29, 0.717) is 44.1 Å². The Morgan fingerprint density at radius 1 is 1.41 bits per heavy atom. The van der Waals surface area contributed by atoms with Crippen LogP contribution in [0.1, 0.15) is 24.8 Å². The van der Waals surface area contributed by atoms with Gasteiger partial charge in [-0.2, -0.15) is 0 Å². The molecule has 0 aliphatic carbocycles. The number of methoxy groups -OCH3 is 1. The number of carbonyl (C=O) groups is 1. The van der Waals surface area contributed by atoms with Crippen LogP contribution < -0.4 is 5.32 Å². The van der Waals surface area contributed by atoms with E-state index >= 15 is 0 Å². The number of ether oxygens (including phenoxy) is 1. The maximum absolute atomic E-state index is 12.3. The summed E-state index contributed by atoms with van der Waals surface area (Å²) < 4.78 is 5.09. The molecule has 0 spiro atoms. The molecule has 0 radical (unpaired) electrons. The Morgan fingerprint density at radius 2 is 2.15 bits per heavy atom. The fourth-order valence-electron chi connectivity index (χ4n) is 3.68. The first-order valence-corrected chi connectivity index (χ1v) is 9.88. The normalized spacial score (nSPS) is 23.3. The van der Waals surface area contributed by atoms with E-state index in [4.69, 9.17) is 16.3 Å². The van der Waals surface area contributed by atoms with Crippen LogP contribution in [0.2, 0.25) is 5.02 Å². The van der Waals surface area contributed by atoms with Crippen LogP contribution in [0.4, 0.5) is 0 Å². The minimum atomic E-state index is -0.583. The van der Waals surface area contributed by atoms with Crippen molar-refractivity contribution in [1.82, 2.24) is 10.2 Å². The van der Waals surface area contributed by atoms with E-state index < -0.39 is 11.5 Å². The molecule has 1 aromatic rings. The minimum absolute atomic E-state index is 0.0379. The third-order valence-corrected chi connectivity index (χ3v) is 5.57. The van der Waals surface area contributed by atoms with Gasteiger partial charge < -0.3 is 20.3 Å². The topological polar surface area (TPSA) is 82.0 Å². The van der Waals surface area contributed by atoms with Crippen molar-refractivity contribution >= 4 is 17.5 Å². The van der Waals surface area contributed by atoms with Gasteiger partial charge in [0.2, 0.25) is 5.91 Å². The van der Waals surface area contributed by atoms with Crippen LogP contribution in [-0.4, -0.2) is 73.6 Å². The standard InChI is InChI=1S/C20H31ClN2O4/c1-27-12-2-9-20(15-24)14-23(11-8-18(20)25)13-19(26)22-10-7-16-3-5-17(21)6-4-16/h3-6,18,24-25H,2,7-15H2,1H3,(H,22,26)/t18-,20+/m1/s1. The highest BCUT2D eigenvalue weighted by molar-refractivity contribution is 6.30. The maximum Gasteiger partial charge on any atom is 0.234 e. The summed E-state index contributed by atoms with van der Waals surface area (Å²) >= 11 is 5.87. The average molecular weight is 399 g/mol. The largest absolute Gasteiger partial charge is 0.396 e. The van der Waals surface area contributed by atoms with Crippen LogP contribution in [0, 0.1) is 5.41 Å². The molecule has 1 heterocycles. The van der Waals surface area contributed by atoms with Gasteiger partial charge in [-0.1, -0.05) is 23.7 Å². The number of halogens is 1. The molecule has 7 heteroatoms. The Hall–Kier alpha value is -1.18. The summed E-state index contributed by atoms with van der Waals surface area (Å²) in [5.74, 6) is -0.0379. The predicted octanol–water partition coefficient (Wildman–Crippen LogP) is 1.47. The number of hydrogen-bond donors (Lipinski definition) is 3. The first-order chi connectivity index (χ1) is 13.0. The fourth-order valence-corrected chi connectivity index (χ4v) is 3.81. The van der Waals surface area contributed by atoms with Gasteiger partial charge in [0.25, 0.3) is 0 Å². The van der Waals surface area contributed by atoms with Crippen molar-refractivity contribution in [3.8, 4) is 0 Å². The summed E-state index contributed by atoms with van der Waals surface area (Å²) in [6.45, 7) is 2.51. The second-order valence-electron chi connectivity index (χ2n) is 7.36. The van der Waals surface area contributed by atoms with Gasteiger partial charge in [0, 0.05) is 43.8 Å². The van der Waals surface area contributed by atoms with Gasteiger partial charge in [0.15, 0.2) is 0 Å². The zero-order chi connectivity index (χ0) is 19.7. The number of carbonyl (C=O) groups excluding carboxylic acids is 1. The van der Waals surface area contributed by atoms with E-state index in [1.165, 1.54) is 0 Å². The zero-order valence-corrected chi connectivity index (χ0v) is 16.7. The fraction of sp³-hybridized carbons (Fsp3) is 0.650. The number of benzene rings is 1. The Bertz CT molecular complexity index is 584. The smallest absolute Gasteiger partial charge is 0.234 e. The van der Waals surface area contributed by atoms with Crippen molar-refractivity contribution in [3.05, 3.63) is 34.9 Å². The summed E-state index contributed by atoms with van der Waals surface area (Å²) in [4.78, 5) is 14.3. The van der Waals surface area contributed by atoms with E-state index in [9.17, 15) is 15.0 Å². The van der Waals surface area contributed by atoms with Gasteiger partial charge >= 0.3 is 0 Å². The van der Waals surface area contributed by atoms with E-state index in [-0.39, 0.29) is 19.1 Å². The molecule has 0 saturated carbocycles. The average Bonchev–Trinajstić information content (AvgIpc) is 2.66. The monoisotopic (exact) mass is 398 g/mol.